The topological polar surface area (TPSA) is 42.7 Å². The van der Waals surface area contributed by atoms with Gasteiger partial charge in [-0.2, -0.15) is 0 Å². The SMILES string of the molecule is CC(C)(C)Cn1nnc2c(Br)c(NCc3cccs3)ccc21. The third kappa shape index (κ3) is 3.33. The maximum absolute atomic E-state index is 4.34. The lowest BCUT2D eigenvalue weighted by molar-refractivity contribution is 0.327. The smallest absolute Gasteiger partial charge is 0.129 e. The Balaban J connectivity index is 1.87. The van der Waals surface area contributed by atoms with Crippen LogP contribution in [0.1, 0.15) is 25.6 Å². The van der Waals surface area contributed by atoms with Crippen LogP contribution >= 0.6 is 27.3 Å². The number of halogens is 1. The van der Waals surface area contributed by atoms with E-state index < -0.39 is 0 Å². The predicted octanol–water partition coefficient (Wildman–Crippen LogP) is 4.91. The van der Waals surface area contributed by atoms with Gasteiger partial charge in [0.05, 0.1) is 15.7 Å². The molecule has 0 fully saturated rings. The van der Waals surface area contributed by atoms with Crippen LogP contribution in [-0.4, -0.2) is 15.0 Å². The van der Waals surface area contributed by atoms with Crippen LogP contribution in [0.3, 0.4) is 0 Å². The monoisotopic (exact) mass is 378 g/mol. The van der Waals surface area contributed by atoms with Crippen LogP contribution in [0.4, 0.5) is 5.69 Å². The minimum atomic E-state index is 0.170. The number of hydrogen-bond acceptors (Lipinski definition) is 4. The van der Waals surface area contributed by atoms with E-state index in [1.807, 2.05) is 4.68 Å². The van der Waals surface area contributed by atoms with E-state index in [0.717, 1.165) is 34.3 Å². The summed E-state index contributed by atoms with van der Waals surface area (Å²) in [6.45, 7) is 8.27. The van der Waals surface area contributed by atoms with Crippen molar-refractivity contribution in [3.63, 3.8) is 0 Å². The second kappa shape index (κ2) is 6.01. The van der Waals surface area contributed by atoms with Crippen molar-refractivity contribution in [1.82, 2.24) is 15.0 Å². The molecule has 0 bridgehead atoms. The van der Waals surface area contributed by atoms with Crippen LogP contribution in [0.25, 0.3) is 11.0 Å². The summed E-state index contributed by atoms with van der Waals surface area (Å²) in [7, 11) is 0. The number of anilines is 1. The molecule has 0 saturated carbocycles. The van der Waals surface area contributed by atoms with Gasteiger partial charge < -0.3 is 5.32 Å². The molecule has 1 N–H and O–H groups in total. The van der Waals surface area contributed by atoms with E-state index in [1.165, 1.54) is 4.88 Å². The van der Waals surface area contributed by atoms with Crippen LogP contribution in [0.5, 0.6) is 0 Å². The number of aromatic nitrogens is 3. The summed E-state index contributed by atoms with van der Waals surface area (Å²) in [5.41, 5.74) is 3.18. The first-order valence-corrected chi connectivity index (χ1v) is 8.89. The average molecular weight is 379 g/mol. The summed E-state index contributed by atoms with van der Waals surface area (Å²) in [6.07, 6.45) is 0. The molecule has 3 aromatic rings. The number of hydrogen-bond donors (Lipinski definition) is 1. The molecule has 6 heteroatoms. The van der Waals surface area contributed by atoms with E-state index in [4.69, 9.17) is 0 Å². The first-order valence-electron chi connectivity index (χ1n) is 7.22. The van der Waals surface area contributed by atoms with Gasteiger partial charge in [-0.1, -0.05) is 32.1 Å². The van der Waals surface area contributed by atoms with Crippen LogP contribution in [0.15, 0.2) is 34.1 Å². The van der Waals surface area contributed by atoms with Gasteiger partial charge >= 0.3 is 0 Å². The minimum Gasteiger partial charge on any atom is -0.379 e. The highest BCUT2D eigenvalue weighted by molar-refractivity contribution is 9.10. The summed E-state index contributed by atoms with van der Waals surface area (Å²) in [4.78, 5) is 1.31. The zero-order valence-corrected chi connectivity index (χ0v) is 15.3. The Morgan fingerprint density at radius 2 is 2.09 bits per heavy atom. The molecule has 0 radical (unpaired) electrons. The molecule has 0 spiro atoms. The van der Waals surface area contributed by atoms with Crippen molar-refractivity contribution in [2.45, 2.75) is 33.9 Å². The molecular weight excluding hydrogens is 360 g/mol. The lowest BCUT2D eigenvalue weighted by Gasteiger charge is -2.18. The predicted molar refractivity (Wildman–Crippen MR) is 96.3 cm³/mol. The number of nitrogens with one attached hydrogen (secondary N) is 1. The van der Waals surface area contributed by atoms with Gasteiger partial charge in [-0.05, 0) is 44.9 Å². The zero-order valence-electron chi connectivity index (χ0n) is 12.9. The molecule has 2 heterocycles. The van der Waals surface area contributed by atoms with Crippen molar-refractivity contribution in [1.29, 1.82) is 0 Å². The van der Waals surface area contributed by atoms with Crippen molar-refractivity contribution >= 4 is 44.0 Å². The largest absolute Gasteiger partial charge is 0.379 e. The van der Waals surface area contributed by atoms with Crippen LogP contribution < -0.4 is 5.32 Å². The Kier molecular flexibility index (Phi) is 4.23. The van der Waals surface area contributed by atoms with Gasteiger partial charge in [-0.15, -0.1) is 16.4 Å². The standard InChI is InChI=1S/C16H19BrN4S/c1-16(2,3)10-21-13-7-6-12(14(17)15(13)19-20-21)18-9-11-5-4-8-22-11/h4-8,18H,9-10H2,1-3H3. The molecule has 116 valence electrons. The van der Waals surface area contributed by atoms with Gasteiger partial charge in [0.1, 0.15) is 5.52 Å². The molecule has 1 aromatic carbocycles. The number of benzene rings is 1. The Morgan fingerprint density at radius 1 is 1.27 bits per heavy atom. The third-order valence-electron chi connectivity index (χ3n) is 3.28. The van der Waals surface area contributed by atoms with Crippen LogP contribution in [0, 0.1) is 5.41 Å². The van der Waals surface area contributed by atoms with Crippen LogP contribution in [0.2, 0.25) is 0 Å². The second-order valence-corrected chi connectivity index (χ2v) is 8.36. The highest BCUT2D eigenvalue weighted by atomic mass is 79.9. The highest BCUT2D eigenvalue weighted by Crippen LogP contribution is 2.31. The number of fused-ring (bicyclic) bond motifs is 1. The van der Waals surface area contributed by atoms with Crippen LogP contribution in [-0.2, 0) is 13.1 Å². The maximum Gasteiger partial charge on any atom is 0.129 e. The molecule has 22 heavy (non-hydrogen) atoms. The Morgan fingerprint density at radius 3 is 2.77 bits per heavy atom. The molecule has 0 aliphatic carbocycles. The molecule has 2 aromatic heterocycles. The minimum absolute atomic E-state index is 0.170. The number of nitrogens with zero attached hydrogens (tertiary/aromatic N) is 3. The molecule has 0 unspecified atom stereocenters. The van der Waals surface area contributed by atoms with Gasteiger partial charge in [-0.3, -0.25) is 0 Å². The Labute approximate surface area is 142 Å². The van der Waals surface area contributed by atoms with Crippen molar-refractivity contribution in [3.05, 3.63) is 39.0 Å². The molecule has 0 atom stereocenters. The molecule has 0 saturated heterocycles. The van der Waals surface area contributed by atoms with Crippen molar-refractivity contribution in [3.8, 4) is 0 Å². The van der Waals surface area contributed by atoms with E-state index >= 15 is 0 Å². The number of rotatable bonds is 4. The lowest BCUT2D eigenvalue weighted by atomic mass is 9.97. The quantitative estimate of drug-likeness (QED) is 0.700. The van der Waals surface area contributed by atoms with Crippen molar-refractivity contribution < 1.29 is 0 Å². The summed E-state index contributed by atoms with van der Waals surface area (Å²) in [5.74, 6) is 0. The molecule has 0 aliphatic heterocycles. The van der Waals surface area contributed by atoms with Gasteiger partial charge in [0, 0.05) is 18.0 Å². The Hall–Kier alpha value is -1.40. The van der Waals surface area contributed by atoms with E-state index in [9.17, 15) is 0 Å². The molecular formula is C16H19BrN4S. The normalized spacial score (nSPS) is 12.0. The van der Waals surface area contributed by atoms with E-state index in [0.29, 0.717) is 0 Å². The molecule has 4 nitrogen and oxygen atoms in total. The summed E-state index contributed by atoms with van der Waals surface area (Å²) < 4.78 is 2.95. The Bertz CT molecular complexity index is 771. The van der Waals surface area contributed by atoms with Crippen molar-refractivity contribution in [2.75, 3.05) is 5.32 Å². The molecule has 0 amide bonds. The van der Waals surface area contributed by atoms with Gasteiger partial charge in [0.15, 0.2) is 0 Å². The maximum atomic E-state index is 4.34. The highest BCUT2D eigenvalue weighted by Gasteiger charge is 2.16. The van der Waals surface area contributed by atoms with Gasteiger partial charge in [0.25, 0.3) is 0 Å². The van der Waals surface area contributed by atoms with E-state index in [1.54, 1.807) is 11.3 Å². The average Bonchev–Trinajstić information content (AvgIpc) is 3.07. The third-order valence-corrected chi connectivity index (χ3v) is 4.96. The van der Waals surface area contributed by atoms with E-state index in [-0.39, 0.29) is 5.41 Å². The first kappa shape index (κ1) is 15.5. The zero-order chi connectivity index (χ0) is 15.7. The van der Waals surface area contributed by atoms with Gasteiger partial charge in [0.2, 0.25) is 0 Å². The molecule has 0 aliphatic rings. The first-order chi connectivity index (χ1) is 10.4. The van der Waals surface area contributed by atoms with Gasteiger partial charge in [-0.25, -0.2) is 4.68 Å². The summed E-state index contributed by atoms with van der Waals surface area (Å²) in [6, 6.07) is 8.37. The number of thiophene rings is 1. The van der Waals surface area contributed by atoms with E-state index in [2.05, 4.69) is 82.0 Å². The fraction of sp³-hybridized carbons (Fsp3) is 0.375. The molecule has 3 rings (SSSR count). The lowest BCUT2D eigenvalue weighted by Crippen LogP contribution is -2.16. The summed E-state index contributed by atoms with van der Waals surface area (Å²) >= 11 is 5.42. The van der Waals surface area contributed by atoms with Crippen molar-refractivity contribution in [2.24, 2.45) is 5.41 Å². The second-order valence-electron chi connectivity index (χ2n) is 6.54. The fourth-order valence-corrected chi connectivity index (χ4v) is 3.50. The fourth-order valence-electron chi connectivity index (χ4n) is 2.30. The summed E-state index contributed by atoms with van der Waals surface area (Å²) in [5, 5.41) is 14.2.